The number of carboxylic acid groups (broad SMARTS) is 1. The molecular weight excluding hydrogens is 273 g/mol. The monoisotopic (exact) mass is 291 g/mol. The molecule has 2 aliphatic carbocycles. The third-order valence-electron chi connectivity index (χ3n) is 4.88. The molecule has 0 spiro atoms. The number of nitrogens with one attached hydrogen (secondary N) is 1. The van der Waals surface area contributed by atoms with Crippen molar-refractivity contribution in [1.29, 1.82) is 0 Å². The van der Waals surface area contributed by atoms with E-state index in [1.165, 1.54) is 6.07 Å². The zero-order chi connectivity index (χ0) is 15.1. The van der Waals surface area contributed by atoms with Gasteiger partial charge in [0.1, 0.15) is 5.82 Å². The molecule has 0 aliphatic heterocycles. The zero-order valence-corrected chi connectivity index (χ0v) is 11.8. The quantitative estimate of drug-likeness (QED) is 0.900. The topological polar surface area (TPSA) is 66.4 Å². The van der Waals surface area contributed by atoms with E-state index in [2.05, 4.69) is 5.32 Å². The summed E-state index contributed by atoms with van der Waals surface area (Å²) >= 11 is 0. The molecule has 1 aromatic rings. The summed E-state index contributed by atoms with van der Waals surface area (Å²) in [5, 5.41) is 12.0. The number of carbonyl (C=O) groups is 2. The van der Waals surface area contributed by atoms with Crippen molar-refractivity contribution in [2.24, 2.45) is 23.7 Å². The van der Waals surface area contributed by atoms with Crippen LogP contribution in [0.1, 0.15) is 24.8 Å². The van der Waals surface area contributed by atoms with E-state index in [1.807, 2.05) is 6.92 Å². The predicted molar refractivity (Wildman–Crippen MR) is 75.2 cm³/mol. The van der Waals surface area contributed by atoms with Gasteiger partial charge in [0.05, 0.1) is 17.5 Å². The number of rotatable bonds is 3. The van der Waals surface area contributed by atoms with Crippen molar-refractivity contribution < 1.29 is 19.1 Å². The normalized spacial score (nSPS) is 30.4. The van der Waals surface area contributed by atoms with E-state index in [0.717, 1.165) is 24.8 Å². The van der Waals surface area contributed by atoms with Crippen molar-refractivity contribution in [2.45, 2.75) is 26.2 Å². The number of aryl methyl sites for hydroxylation is 1. The molecule has 2 aliphatic rings. The molecule has 4 nitrogen and oxygen atoms in total. The summed E-state index contributed by atoms with van der Waals surface area (Å²) in [6.45, 7) is 1.81. The van der Waals surface area contributed by atoms with Crippen molar-refractivity contribution in [3.05, 3.63) is 29.6 Å². The number of hydrogen-bond donors (Lipinski definition) is 2. The molecule has 0 unspecified atom stereocenters. The number of amides is 1. The molecule has 1 amide bonds. The molecule has 1 aromatic carbocycles. The molecule has 21 heavy (non-hydrogen) atoms. The van der Waals surface area contributed by atoms with Crippen molar-refractivity contribution in [3.63, 3.8) is 0 Å². The van der Waals surface area contributed by atoms with E-state index in [1.54, 1.807) is 12.1 Å². The Morgan fingerprint density at radius 2 is 1.90 bits per heavy atom. The van der Waals surface area contributed by atoms with Crippen LogP contribution in [-0.2, 0) is 9.59 Å². The van der Waals surface area contributed by atoms with Crippen LogP contribution in [0.5, 0.6) is 0 Å². The molecule has 0 aromatic heterocycles. The lowest BCUT2D eigenvalue weighted by atomic mass is 9.78. The summed E-state index contributed by atoms with van der Waals surface area (Å²) in [5.41, 5.74) is 0.973. The van der Waals surface area contributed by atoms with Gasteiger partial charge in [0.2, 0.25) is 5.91 Å². The largest absolute Gasteiger partial charge is 0.481 e. The van der Waals surface area contributed by atoms with Gasteiger partial charge in [-0.15, -0.1) is 0 Å². The Morgan fingerprint density at radius 1 is 1.24 bits per heavy atom. The molecule has 2 fully saturated rings. The van der Waals surface area contributed by atoms with Gasteiger partial charge >= 0.3 is 5.97 Å². The lowest BCUT2D eigenvalue weighted by Gasteiger charge is -2.27. The van der Waals surface area contributed by atoms with E-state index in [0.29, 0.717) is 0 Å². The van der Waals surface area contributed by atoms with Gasteiger partial charge in [-0.05, 0) is 55.7 Å². The Kier molecular flexibility index (Phi) is 3.43. The molecule has 2 bridgehead atoms. The summed E-state index contributed by atoms with van der Waals surface area (Å²) in [6.07, 6.45) is 2.57. The van der Waals surface area contributed by atoms with Gasteiger partial charge < -0.3 is 10.4 Å². The Balaban J connectivity index is 1.81. The van der Waals surface area contributed by atoms with Gasteiger partial charge in [0.25, 0.3) is 0 Å². The van der Waals surface area contributed by atoms with Gasteiger partial charge in [-0.2, -0.15) is 0 Å². The molecule has 2 N–H and O–H groups in total. The van der Waals surface area contributed by atoms with Gasteiger partial charge in [-0.1, -0.05) is 6.07 Å². The van der Waals surface area contributed by atoms with Crippen molar-refractivity contribution in [3.8, 4) is 0 Å². The Morgan fingerprint density at radius 3 is 2.57 bits per heavy atom. The molecule has 3 rings (SSSR count). The van der Waals surface area contributed by atoms with E-state index in [9.17, 15) is 19.1 Å². The first kappa shape index (κ1) is 14.0. The maximum atomic E-state index is 13.7. The Hall–Kier alpha value is -1.91. The third-order valence-corrected chi connectivity index (χ3v) is 4.88. The van der Waals surface area contributed by atoms with E-state index in [-0.39, 0.29) is 23.4 Å². The van der Waals surface area contributed by atoms with Gasteiger partial charge in [-0.25, -0.2) is 4.39 Å². The minimum absolute atomic E-state index is 0.0885. The van der Waals surface area contributed by atoms with Crippen LogP contribution in [0.25, 0.3) is 0 Å². The second kappa shape index (κ2) is 5.13. The number of fused-ring (bicyclic) bond motifs is 2. The first-order valence-corrected chi connectivity index (χ1v) is 7.27. The summed E-state index contributed by atoms with van der Waals surface area (Å²) in [4.78, 5) is 23.9. The smallest absolute Gasteiger partial charge is 0.307 e. The highest BCUT2D eigenvalue weighted by molar-refractivity contribution is 5.96. The van der Waals surface area contributed by atoms with Gasteiger partial charge in [0, 0.05) is 0 Å². The fraction of sp³-hybridized carbons (Fsp3) is 0.500. The minimum Gasteiger partial charge on any atom is -0.481 e. The molecule has 0 heterocycles. The fourth-order valence-electron chi connectivity index (χ4n) is 3.97. The highest BCUT2D eigenvalue weighted by atomic mass is 19.1. The molecule has 112 valence electrons. The number of carboxylic acids is 1. The van der Waals surface area contributed by atoms with Crippen LogP contribution >= 0.6 is 0 Å². The number of halogens is 1. The van der Waals surface area contributed by atoms with E-state index in [4.69, 9.17) is 0 Å². The molecule has 5 heteroatoms. The minimum atomic E-state index is -0.910. The molecule has 4 atom stereocenters. The summed E-state index contributed by atoms with van der Waals surface area (Å²) in [5.74, 6) is -2.73. The molecule has 0 saturated heterocycles. The van der Waals surface area contributed by atoms with Crippen molar-refractivity contribution >= 4 is 17.6 Å². The van der Waals surface area contributed by atoms with E-state index < -0.39 is 23.6 Å². The van der Waals surface area contributed by atoms with Crippen LogP contribution in [0.2, 0.25) is 0 Å². The van der Waals surface area contributed by atoms with Crippen LogP contribution < -0.4 is 5.32 Å². The first-order chi connectivity index (χ1) is 9.97. The van der Waals surface area contributed by atoms with Crippen molar-refractivity contribution in [2.75, 3.05) is 5.32 Å². The number of aliphatic carboxylic acids is 1. The number of benzene rings is 1. The number of carbonyl (C=O) groups excluding carboxylic acids is 1. The summed E-state index contributed by atoms with van der Waals surface area (Å²) < 4.78 is 13.7. The second-order valence-electron chi connectivity index (χ2n) is 6.20. The summed E-state index contributed by atoms with van der Waals surface area (Å²) in [6, 6.07) is 4.50. The average molecular weight is 291 g/mol. The van der Waals surface area contributed by atoms with E-state index >= 15 is 0 Å². The van der Waals surface area contributed by atoms with Gasteiger partial charge in [0.15, 0.2) is 0 Å². The number of anilines is 1. The maximum absolute atomic E-state index is 13.7. The fourth-order valence-corrected chi connectivity index (χ4v) is 3.97. The molecule has 0 radical (unpaired) electrons. The maximum Gasteiger partial charge on any atom is 0.307 e. The lowest BCUT2D eigenvalue weighted by molar-refractivity contribution is -0.148. The SMILES string of the molecule is Cc1ccc(F)c(NC(=O)[C@@H]2[C@H]3CC[C@@H](C3)[C@@H]2C(=O)O)c1. The van der Waals surface area contributed by atoms with Crippen LogP contribution in [0, 0.1) is 36.4 Å². The van der Waals surface area contributed by atoms with Crippen LogP contribution in [0.15, 0.2) is 18.2 Å². The Labute approximate surface area is 122 Å². The third kappa shape index (κ3) is 2.41. The number of hydrogen-bond acceptors (Lipinski definition) is 2. The van der Waals surface area contributed by atoms with Crippen molar-refractivity contribution in [1.82, 2.24) is 0 Å². The highest BCUT2D eigenvalue weighted by Crippen LogP contribution is 2.52. The van der Waals surface area contributed by atoms with Crippen LogP contribution in [0.3, 0.4) is 0 Å². The first-order valence-electron chi connectivity index (χ1n) is 7.27. The summed E-state index contributed by atoms with van der Waals surface area (Å²) in [7, 11) is 0. The zero-order valence-electron chi connectivity index (χ0n) is 11.8. The highest BCUT2D eigenvalue weighted by Gasteiger charge is 2.54. The Bertz CT molecular complexity index is 601. The van der Waals surface area contributed by atoms with Gasteiger partial charge in [-0.3, -0.25) is 9.59 Å². The standard InChI is InChI=1S/C16H18FNO3/c1-8-2-5-11(17)12(6-8)18-15(19)13-9-3-4-10(7-9)14(13)16(20)21/h2,5-6,9-10,13-14H,3-4,7H2,1H3,(H,18,19)(H,20,21)/t9-,10-,13+,14-/m0/s1. The predicted octanol–water partition coefficient (Wildman–Crippen LogP) is 2.82. The average Bonchev–Trinajstić information content (AvgIpc) is 3.03. The second-order valence-corrected chi connectivity index (χ2v) is 6.20. The van der Waals surface area contributed by atoms with Crippen LogP contribution in [-0.4, -0.2) is 17.0 Å². The lowest BCUT2D eigenvalue weighted by Crippen LogP contribution is -2.38. The molecular formula is C16H18FNO3. The molecule has 2 saturated carbocycles. The van der Waals surface area contributed by atoms with Crippen LogP contribution in [0.4, 0.5) is 10.1 Å².